The Kier molecular flexibility index (Phi) is 4.96. The van der Waals surface area contributed by atoms with E-state index in [1.807, 2.05) is 30.3 Å². The van der Waals surface area contributed by atoms with Gasteiger partial charge in [0.2, 0.25) is 0 Å². The lowest BCUT2D eigenvalue weighted by Crippen LogP contribution is -2.22. The quantitative estimate of drug-likeness (QED) is 0.875. The molecule has 4 nitrogen and oxygen atoms in total. The summed E-state index contributed by atoms with van der Waals surface area (Å²) in [6.45, 7) is 4.99. The van der Waals surface area contributed by atoms with Gasteiger partial charge >= 0.3 is 0 Å². The molecule has 0 aliphatic heterocycles. The van der Waals surface area contributed by atoms with Gasteiger partial charge in [0.25, 0.3) is 0 Å². The largest absolute Gasteiger partial charge is 0.497 e. The molecule has 1 aromatic heterocycles. The summed E-state index contributed by atoms with van der Waals surface area (Å²) in [5.41, 5.74) is 1.09. The normalized spacial score (nSPS) is 10.6. The van der Waals surface area contributed by atoms with Crippen LogP contribution in [-0.2, 0) is 6.54 Å². The third-order valence-electron chi connectivity index (χ3n) is 2.86. The molecule has 0 amide bonds. The molecule has 106 valence electrons. The molecule has 0 unspecified atom stereocenters. The third-order valence-corrected chi connectivity index (χ3v) is 2.86. The molecule has 0 aliphatic rings. The number of ether oxygens (including phenoxy) is 2. The van der Waals surface area contributed by atoms with Crippen molar-refractivity contribution in [3.63, 3.8) is 0 Å². The Balaban J connectivity index is 2.11. The molecule has 0 saturated carbocycles. The van der Waals surface area contributed by atoms with Gasteiger partial charge in [-0.15, -0.1) is 0 Å². The van der Waals surface area contributed by atoms with E-state index in [9.17, 15) is 0 Å². The first-order chi connectivity index (χ1) is 9.69. The van der Waals surface area contributed by atoms with E-state index in [4.69, 9.17) is 9.47 Å². The molecule has 0 atom stereocenters. The summed E-state index contributed by atoms with van der Waals surface area (Å²) in [5.74, 6) is 2.35. The van der Waals surface area contributed by atoms with E-state index in [1.165, 1.54) is 0 Å². The number of rotatable bonds is 6. The third kappa shape index (κ3) is 3.96. The summed E-state index contributed by atoms with van der Waals surface area (Å²) in [6.07, 6.45) is 3.51. The van der Waals surface area contributed by atoms with Gasteiger partial charge in [0.15, 0.2) is 0 Å². The summed E-state index contributed by atoms with van der Waals surface area (Å²) in [6, 6.07) is 9.90. The fourth-order valence-corrected chi connectivity index (χ4v) is 1.73. The number of methoxy groups -OCH3 is 1. The molecular formula is C16H20N2O2. The zero-order valence-corrected chi connectivity index (χ0v) is 12.1. The molecule has 20 heavy (non-hydrogen) atoms. The number of aromatic nitrogens is 1. The van der Waals surface area contributed by atoms with Crippen LogP contribution in [0, 0.1) is 0 Å². The molecule has 2 rings (SSSR count). The van der Waals surface area contributed by atoms with Crippen LogP contribution in [0.15, 0.2) is 42.7 Å². The molecule has 0 fully saturated rings. The highest BCUT2D eigenvalue weighted by molar-refractivity contribution is 5.37. The van der Waals surface area contributed by atoms with Crippen molar-refractivity contribution in [2.24, 2.45) is 0 Å². The zero-order valence-electron chi connectivity index (χ0n) is 12.1. The molecule has 0 aliphatic carbocycles. The fourth-order valence-electron chi connectivity index (χ4n) is 1.73. The van der Waals surface area contributed by atoms with Crippen molar-refractivity contribution in [2.45, 2.75) is 26.4 Å². The predicted molar refractivity (Wildman–Crippen MR) is 79.3 cm³/mol. The number of nitrogens with zero attached hydrogens (tertiary/aromatic N) is 1. The van der Waals surface area contributed by atoms with Crippen LogP contribution in [0.25, 0.3) is 0 Å². The van der Waals surface area contributed by atoms with Gasteiger partial charge in [-0.25, -0.2) is 0 Å². The van der Waals surface area contributed by atoms with E-state index in [0.717, 1.165) is 29.4 Å². The van der Waals surface area contributed by atoms with Gasteiger partial charge in [-0.05, 0) is 30.3 Å². The Morgan fingerprint density at radius 2 is 1.80 bits per heavy atom. The van der Waals surface area contributed by atoms with Gasteiger partial charge in [0.05, 0.1) is 13.3 Å². The lowest BCUT2D eigenvalue weighted by Gasteiger charge is -2.13. The Morgan fingerprint density at radius 3 is 2.45 bits per heavy atom. The first-order valence-electron chi connectivity index (χ1n) is 6.67. The van der Waals surface area contributed by atoms with Gasteiger partial charge in [0, 0.05) is 24.3 Å². The molecule has 1 N–H and O–H groups in total. The first kappa shape index (κ1) is 14.3. The minimum Gasteiger partial charge on any atom is -0.497 e. The van der Waals surface area contributed by atoms with Crippen LogP contribution in [0.4, 0.5) is 0 Å². The van der Waals surface area contributed by atoms with Crippen molar-refractivity contribution in [1.29, 1.82) is 0 Å². The first-order valence-corrected chi connectivity index (χ1v) is 6.67. The maximum Gasteiger partial charge on any atom is 0.150 e. The molecular weight excluding hydrogens is 252 g/mol. The minimum absolute atomic E-state index is 0.428. The van der Waals surface area contributed by atoms with E-state index in [2.05, 4.69) is 24.1 Å². The zero-order chi connectivity index (χ0) is 14.4. The van der Waals surface area contributed by atoms with Crippen LogP contribution < -0.4 is 14.8 Å². The van der Waals surface area contributed by atoms with Crippen LogP contribution in [0.5, 0.6) is 17.2 Å². The standard InChI is InChI=1S/C16H20N2O2/c1-12(2)18-10-13-8-9-17-11-16(13)20-15-6-4-14(19-3)5-7-15/h4-9,11-12,18H,10H2,1-3H3. The highest BCUT2D eigenvalue weighted by Crippen LogP contribution is 2.26. The lowest BCUT2D eigenvalue weighted by molar-refractivity contribution is 0.412. The summed E-state index contributed by atoms with van der Waals surface area (Å²) in [5, 5.41) is 3.38. The topological polar surface area (TPSA) is 43.4 Å². The highest BCUT2D eigenvalue weighted by Gasteiger charge is 2.06. The number of benzene rings is 1. The van der Waals surface area contributed by atoms with Crippen molar-refractivity contribution in [1.82, 2.24) is 10.3 Å². The van der Waals surface area contributed by atoms with Gasteiger partial charge < -0.3 is 14.8 Å². The Hall–Kier alpha value is -2.07. The molecule has 4 heteroatoms. The van der Waals surface area contributed by atoms with Crippen LogP contribution in [-0.4, -0.2) is 18.1 Å². The fraction of sp³-hybridized carbons (Fsp3) is 0.312. The lowest BCUT2D eigenvalue weighted by atomic mass is 10.2. The maximum atomic E-state index is 5.88. The number of hydrogen-bond acceptors (Lipinski definition) is 4. The molecule has 1 heterocycles. The maximum absolute atomic E-state index is 5.88. The number of nitrogens with one attached hydrogen (secondary N) is 1. The van der Waals surface area contributed by atoms with Crippen LogP contribution in [0.2, 0.25) is 0 Å². The van der Waals surface area contributed by atoms with Crippen LogP contribution in [0.3, 0.4) is 0 Å². The average molecular weight is 272 g/mol. The minimum atomic E-state index is 0.428. The summed E-state index contributed by atoms with van der Waals surface area (Å²) in [4.78, 5) is 4.12. The highest BCUT2D eigenvalue weighted by atomic mass is 16.5. The van der Waals surface area contributed by atoms with Crippen molar-refractivity contribution in [3.8, 4) is 17.2 Å². The van der Waals surface area contributed by atoms with E-state index in [-0.39, 0.29) is 0 Å². The molecule has 0 radical (unpaired) electrons. The number of hydrogen-bond donors (Lipinski definition) is 1. The molecule has 0 spiro atoms. The SMILES string of the molecule is COc1ccc(Oc2cnccc2CNC(C)C)cc1. The molecule has 1 aromatic carbocycles. The molecule has 0 saturated heterocycles. The Labute approximate surface area is 119 Å². The van der Waals surface area contributed by atoms with E-state index in [1.54, 1.807) is 19.5 Å². The van der Waals surface area contributed by atoms with Gasteiger partial charge in [-0.3, -0.25) is 4.98 Å². The Morgan fingerprint density at radius 1 is 1.10 bits per heavy atom. The predicted octanol–water partition coefficient (Wildman–Crippen LogP) is 3.38. The second-order valence-electron chi connectivity index (χ2n) is 4.80. The second kappa shape index (κ2) is 6.91. The Bertz CT molecular complexity index is 538. The van der Waals surface area contributed by atoms with E-state index >= 15 is 0 Å². The van der Waals surface area contributed by atoms with Crippen molar-refractivity contribution in [2.75, 3.05) is 7.11 Å². The average Bonchev–Trinajstić information content (AvgIpc) is 2.47. The monoisotopic (exact) mass is 272 g/mol. The molecule has 2 aromatic rings. The van der Waals surface area contributed by atoms with Gasteiger partial charge in [-0.2, -0.15) is 0 Å². The van der Waals surface area contributed by atoms with Crippen molar-refractivity contribution < 1.29 is 9.47 Å². The van der Waals surface area contributed by atoms with E-state index < -0.39 is 0 Å². The summed E-state index contributed by atoms with van der Waals surface area (Å²) in [7, 11) is 1.65. The number of pyridine rings is 1. The summed E-state index contributed by atoms with van der Waals surface area (Å²) >= 11 is 0. The molecule has 0 bridgehead atoms. The van der Waals surface area contributed by atoms with Crippen molar-refractivity contribution in [3.05, 3.63) is 48.3 Å². The van der Waals surface area contributed by atoms with Gasteiger partial charge in [0.1, 0.15) is 17.2 Å². The van der Waals surface area contributed by atoms with Crippen LogP contribution >= 0.6 is 0 Å². The summed E-state index contributed by atoms with van der Waals surface area (Å²) < 4.78 is 11.0. The smallest absolute Gasteiger partial charge is 0.150 e. The van der Waals surface area contributed by atoms with E-state index in [0.29, 0.717) is 6.04 Å². The van der Waals surface area contributed by atoms with Gasteiger partial charge in [-0.1, -0.05) is 13.8 Å². The van der Waals surface area contributed by atoms with Crippen LogP contribution in [0.1, 0.15) is 19.4 Å². The van der Waals surface area contributed by atoms with Crippen molar-refractivity contribution >= 4 is 0 Å². The second-order valence-corrected chi connectivity index (χ2v) is 4.80.